The molecule has 3 rings (SSSR count). The first-order chi connectivity index (χ1) is 12.6. The fourth-order valence-electron chi connectivity index (χ4n) is 3.30. The minimum absolute atomic E-state index is 0.259. The second-order valence-electron chi connectivity index (χ2n) is 6.36. The molecule has 1 aliphatic heterocycles. The predicted molar refractivity (Wildman–Crippen MR) is 98.7 cm³/mol. The van der Waals surface area contributed by atoms with Crippen LogP contribution in [-0.2, 0) is 6.42 Å². The summed E-state index contributed by atoms with van der Waals surface area (Å²) in [7, 11) is 1.47. The SMILES string of the molecule is COc1cc(N2CCN(CCc3ccccc3C(=O)O)CC2)ccc1F. The van der Waals surface area contributed by atoms with Crippen molar-refractivity contribution in [3.8, 4) is 5.75 Å². The Labute approximate surface area is 152 Å². The van der Waals surface area contributed by atoms with E-state index in [1.165, 1.54) is 13.2 Å². The number of carboxylic acids is 1. The number of aromatic carboxylic acids is 1. The van der Waals surface area contributed by atoms with E-state index in [1.54, 1.807) is 24.3 Å². The van der Waals surface area contributed by atoms with E-state index >= 15 is 0 Å². The molecule has 0 unspecified atom stereocenters. The molecule has 0 atom stereocenters. The van der Waals surface area contributed by atoms with Crippen LogP contribution in [-0.4, -0.2) is 55.8 Å². The van der Waals surface area contributed by atoms with Crippen molar-refractivity contribution in [2.45, 2.75) is 6.42 Å². The van der Waals surface area contributed by atoms with E-state index in [9.17, 15) is 14.3 Å². The summed E-state index contributed by atoms with van der Waals surface area (Å²) in [5.74, 6) is -0.974. The minimum Gasteiger partial charge on any atom is -0.494 e. The molecule has 0 aliphatic carbocycles. The molecular formula is C20H23FN2O3. The first kappa shape index (κ1) is 18.2. The third-order valence-corrected chi connectivity index (χ3v) is 4.82. The molecule has 0 radical (unpaired) electrons. The van der Waals surface area contributed by atoms with E-state index in [0.29, 0.717) is 12.0 Å². The largest absolute Gasteiger partial charge is 0.494 e. The van der Waals surface area contributed by atoms with E-state index in [-0.39, 0.29) is 11.6 Å². The molecule has 2 aromatic carbocycles. The number of anilines is 1. The van der Waals surface area contributed by atoms with Crippen molar-refractivity contribution >= 4 is 11.7 Å². The van der Waals surface area contributed by atoms with Gasteiger partial charge in [-0.3, -0.25) is 4.90 Å². The number of carboxylic acid groups (broad SMARTS) is 1. The predicted octanol–water partition coefficient (Wildman–Crippen LogP) is 2.90. The normalized spacial score (nSPS) is 15.1. The number of carbonyl (C=O) groups is 1. The van der Waals surface area contributed by atoms with Gasteiger partial charge >= 0.3 is 5.97 Å². The highest BCUT2D eigenvalue weighted by Crippen LogP contribution is 2.25. The van der Waals surface area contributed by atoms with Gasteiger partial charge in [0, 0.05) is 44.5 Å². The number of rotatable bonds is 6. The van der Waals surface area contributed by atoms with Gasteiger partial charge < -0.3 is 14.7 Å². The van der Waals surface area contributed by atoms with Crippen LogP contribution in [0.15, 0.2) is 42.5 Å². The molecule has 0 amide bonds. The second kappa shape index (κ2) is 8.19. The van der Waals surface area contributed by atoms with Crippen molar-refractivity contribution in [3.05, 3.63) is 59.4 Å². The minimum atomic E-state index is -0.879. The molecule has 0 aromatic heterocycles. The summed E-state index contributed by atoms with van der Waals surface area (Å²) in [4.78, 5) is 15.8. The number of methoxy groups -OCH3 is 1. The van der Waals surface area contributed by atoms with Gasteiger partial charge in [-0.15, -0.1) is 0 Å². The Balaban J connectivity index is 1.55. The maximum absolute atomic E-state index is 13.6. The standard InChI is InChI=1S/C20H23FN2O3/c1-26-19-14-16(6-7-18(19)21)23-12-10-22(11-13-23)9-8-15-4-2-3-5-17(15)20(24)25/h2-7,14H,8-13H2,1H3,(H,24,25). The van der Waals surface area contributed by atoms with Crippen LogP contribution in [0, 0.1) is 5.82 Å². The molecule has 0 spiro atoms. The lowest BCUT2D eigenvalue weighted by Crippen LogP contribution is -2.47. The summed E-state index contributed by atoms with van der Waals surface area (Å²) in [5, 5.41) is 9.27. The first-order valence-corrected chi connectivity index (χ1v) is 8.70. The van der Waals surface area contributed by atoms with Crippen LogP contribution in [0.25, 0.3) is 0 Å². The quantitative estimate of drug-likeness (QED) is 0.861. The first-order valence-electron chi connectivity index (χ1n) is 8.70. The summed E-state index contributed by atoms with van der Waals surface area (Å²) >= 11 is 0. The smallest absolute Gasteiger partial charge is 0.335 e. The van der Waals surface area contributed by atoms with Crippen LogP contribution in [0.2, 0.25) is 0 Å². The molecule has 1 heterocycles. The van der Waals surface area contributed by atoms with E-state index in [4.69, 9.17) is 4.74 Å². The van der Waals surface area contributed by atoms with E-state index in [2.05, 4.69) is 9.80 Å². The van der Waals surface area contributed by atoms with Crippen LogP contribution in [0.5, 0.6) is 5.75 Å². The lowest BCUT2D eigenvalue weighted by Gasteiger charge is -2.36. The number of ether oxygens (including phenoxy) is 1. The van der Waals surface area contributed by atoms with Gasteiger partial charge in [-0.1, -0.05) is 18.2 Å². The van der Waals surface area contributed by atoms with Crippen LogP contribution >= 0.6 is 0 Å². The van der Waals surface area contributed by atoms with Gasteiger partial charge in [-0.05, 0) is 30.2 Å². The highest BCUT2D eigenvalue weighted by molar-refractivity contribution is 5.89. The van der Waals surface area contributed by atoms with Crippen molar-refractivity contribution < 1.29 is 19.0 Å². The average molecular weight is 358 g/mol. The Morgan fingerprint density at radius 2 is 1.88 bits per heavy atom. The number of hydrogen-bond acceptors (Lipinski definition) is 4. The molecule has 26 heavy (non-hydrogen) atoms. The Kier molecular flexibility index (Phi) is 5.73. The van der Waals surface area contributed by atoms with E-state index < -0.39 is 5.97 Å². The van der Waals surface area contributed by atoms with Gasteiger partial charge in [0.05, 0.1) is 12.7 Å². The van der Waals surface area contributed by atoms with Gasteiger partial charge in [-0.25, -0.2) is 9.18 Å². The number of piperazine rings is 1. The average Bonchev–Trinajstić information content (AvgIpc) is 2.67. The Morgan fingerprint density at radius 3 is 2.58 bits per heavy atom. The monoisotopic (exact) mass is 358 g/mol. The topological polar surface area (TPSA) is 53.0 Å². The van der Waals surface area contributed by atoms with Crippen LogP contribution in [0.4, 0.5) is 10.1 Å². The van der Waals surface area contributed by atoms with Gasteiger partial charge in [-0.2, -0.15) is 0 Å². The molecule has 2 aromatic rings. The van der Waals surface area contributed by atoms with Gasteiger partial charge in [0.1, 0.15) is 0 Å². The summed E-state index contributed by atoms with van der Waals surface area (Å²) in [6.07, 6.45) is 0.715. The number of nitrogens with zero attached hydrogens (tertiary/aromatic N) is 2. The molecule has 6 heteroatoms. The maximum atomic E-state index is 13.6. The summed E-state index contributed by atoms with van der Waals surface area (Å²) in [6.45, 7) is 4.28. The number of halogens is 1. The second-order valence-corrected chi connectivity index (χ2v) is 6.36. The van der Waals surface area contributed by atoms with Gasteiger partial charge in [0.25, 0.3) is 0 Å². The number of benzene rings is 2. The number of hydrogen-bond donors (Lipinski definition) is 1. The molecule has 5 nitrogen and oxygen atoms in total. The molecule has 138 valence electrons. The van der Waals surface area contributed by atoms with Crippen molar-refractivity contribution in [1.29, 1.82) is 0 Å². The lowest BCUT2D eigenvalue weighted by molar-refractivity contribution is 0.0695. The fourth-order valence-corrected chi connectivity index (χ4v) is 3.30. The highest BCUT2D eigenvalue weighted by Gasteiger charge is 2.19. The van der Waals surface area contributed by atoms with Gasteiger partial charge in [0.2, 0.25) is 0 Å². The van der Waals surface area contributed by atoms with Crippen LogP contribution in [0.1, 0.15) is 15.9 Å². The van der Waals surface area contributed by atoms with E-state index in [1.807, 2.05) is 12.1 Å². The summed E-state index contributed by atoms with van der Waals surface area (Å²) in [5.41, 5.74) is 2.20. The third kappa shape index (κ3) is 4.14. The van der Waals surface area contributed by atoms with Gasteiger partial charge in [0.15, 0.2) is 11.6 Å². The third-order valence-electron chi connectivity index (χ3n) is 4.82. The zero-order valence-electron chi connectivity index (χ0n) is 14.8. The van der Waals surface area contributed by atoms with Crippen LogP contribution < -0.4 is 9.64 Å². The van der Waals surface area contributed by atoms with Crippen molar-refractivity contribution in [2.75, 3.05) is 44.7 Å². The fraction of sp³-hybridized carbons (Fsp3) is 0.350. The molecule has 1 N–H and O–H groups in total. The molecule has 1 fully saturated rings. The Bertz CT molecular complexity index is 773. The van der Waals surface area contributed by atoms with E-state index in [0.717, 1.165) is 44.0 Å². The van der Waals surface area contributed by atoms with Crippen LogP contribution in [0.3, 0.4) is 0 Å². The van der Waals surface area contributed by atoms with Crippen molar-refractivity contribution in [1.82, 2.24) is 4.90 Å². The van der Waals surface area contributed by atoms with Crippen molar-refractivity contribution in [3.63, 3.8) is 0 Å². The zero-order chi connectivity index (χ0) is 18.5. The lowest BCUT2D eigenvalue weighted by atomic mass is 10.0. The Hall–Kier alpha value is -2.60. The Morgan fingerprint density at radius 1 is 1.15 bits per heavy atom. The molecule has 1 aliphatic rings. The highest BCUT2D eigenvalue weighted by atomic mass is 19.1. The maximum Gasteiger partial charge on any atom is 0.335 e. The zero-order valence-corrected chi connectivity index (χ0v) is 14.8. The molecule has 0 saturated carbocycles. The summed E-state index contributed by atoms with van der Waals surface area (Å²) < 4.78 is 18.6. The molecule has 1 saturated heterocycles. The van der Waals surface area contributed by atoms with Crippen molar-refractivity contribution in [2.24, 2.45) is 0 Å². The molecular weight excluding hydrogens is 335 g/mol. The summed E-state index contributed by atoms with van der Waals surface area (Å²) in [6, 6.07) is 12.1. The molecule has 0 bridgehead atoms.